The number of nitrogens with zero attached hydrogens (tertiary/aromatic N) is 1. The van der Waals surface area contributed by atoms with Gasteiger partial charge >= 0.3 is 0 Å². The lowest BCUT2D eigenvalue weighted by Gasteiger charge is -2.13. The molecule has 1 unspecified atom stereocenters. The van der Waals surface area contributed by atoms with Crippen molar-refractivity contribution in [1.29, 1.82) is 0 Å². The maximum Gasteiger partial charge on any atom is 0.262 e. The lowest BCUT2D eigenvalue weighted by molar-refractivity contribution is -0.255. The van der Waals surface area contributed by atoms with Crippen LogP contribution in [-0.4, -0.2) is 28.2 Å². The van der Waals surface area contributed by atoms with Gasteiger partial charge in [-0.3, -0.25) is 9.36 Å². The summed E-state index contributed by atoms with van der Waals surface area (Å²) in [6.07, 6.45) is 1.89. The Morgan fingerprint density at radius 3 is 3.00 bits per heavy atom. The Kier molecular flexibility index (Phi) is 3.60. The highest BCUT2D eigenvalue weighted by Crippen LogP contribution is 2.15. The molecule has 1 aromatic heterocycles. The van der Waals surface area contributed by atoms with Crippen molar-refractivity contribution < 1.29 is 14.6 Å². The predicted molar refractivity (Wildman–Crippen MR) is 76.7 cm³/mol. The van der Waals surface area contributed by atoms with Crippen LogP contribution in [0.3, 0.4) is 0 Å². The molecule has 1 fully saturated rings. The molecule has 0 radical (unpaired) electrons. The molecule has 3 rings (SSSR count). The van der Waals surface area contributed by atoms with Gasteiger partial charge in [0.05, 0.1) is 29.5 Å². The van der Waals surface area contributed by atoms with Crippen LogP contribution in [-0.2, 0) is 11.3 Å². The van der Waals surface area contributed by atoms with Crippen LogP contribution < -0.4 is 10.7 Å². The first kappa shape index (κ1) is 14.0. The van der Waals surface area contributed by atoms with E-state index >= 15 is 0 Å². The zero-order valence-electron chi connectivity index (χ0n) is 11.1. The number of benzene rings is 1. The molecular formula is C14H13N2O4S-. The quantitative estimate of drug-likeness (QED) is 0.839. The number of rotatable bonds is 3. The second-order valence-corrected chi connectivity index (χ2v) is 5.42. The van der Waals surface area contributed by atoms with Crippen molar-refractivity contribution in [2.75, 3.05) is 6.61 Å². The Balaban J connectivity index is 2.10. The van der Waals surface area contributed by atoms with Crippen molar-refractivity contribution in [3.63, 3.8) is 0 Å². The van der Waals surface area contributed by atoms with E-state index in [0.717, 1.165) is 12.8 Å². The first-order valence-corrected chi connectivity index (χ1v) is 7.07. The molecule has 1 saturated heterocycles. The molecule has 0 saturated carbocycles. The molecule has 6 nitrogen and oxygen atoms in total. The fraction of sp³-hybridized carbons (Fsp3) is 0.357. The SMILES string of the molecule is O=C([O-])c1ccc2c(=O)n(CC3CCCO3)c(=S)[nH]c2c1. The largest absolute Gasteiger partial charge is 0.545 e. The average molecular weight is 305 g/mol. The number of carboxylic acid groups (broad SMARTS) is 1. The zero-order valence-corrected chi connectivity index (χ0v) is 11.9. The molecule has 1 atom stereocenters. The van der Waals surface area contributed by atoms with Crippen LogP contribution in [0.1, 0.15) is 23.2 Å². The molecule has 110 valence electrons. The van der Waals surface area contributed by atoms with Crippen molar-refractivity contribution in [2.45, 2.75) is 25.5 Å². The molecule has 0 spiro atoms. The number of hydrogen-bond acceptors (Lipinski definition) is 5. The second-order valence-electron chi connectivity index (χ2n) is 5.03. The van der Waals surface area contributed by atoms with Gasteiger partial charge in [-0.15, -0.1) is 0 Å². The molecule has 2 heterocycles. The monoisotopic (exact) mass is 305 g/mol. The molecule has 1 aliphatic heterocycles. The number of carbonyl (C=O) groups is 1. The minimum absolute atomic E-state index is 0.00209. The molecule has 1 aliphatic rings. The van der Waals surface area contributed by atoms with Crippen molar-refractivity contribution in [2.24, 2.45) is 0 Å². The first-order chi connectivity index (χ1) is 10.1. The van der Waals surface area contributed by atoms with E-state index in [0.29, 0.717) is 24.1 Å². The summed E-state index contributed by atoms with van der Waals surface area (Å²) in [5, 5.41) is 11.3. The third kappa shape index (κ3) is 2.62. The van der Waals surface area contributed by atoms with E-state index in [1.165, 1.54) is 22.8 Å². The highest BCUT2D eigenvalue weighted by atomic mass is 32.1. The fourth-order valence-electron chi connectivity index (χ4n) is 2.54. The molecule has 1 N–H and O–H groups in total. The van der Waals surface area contributed by atoms with Gasteiger partial charge in [0.1, 0.15) is 0 Å². The van der Waals surface area contributed by atoms with Crippen LogP contribution in [0.5, 0.6) is 0 Å². The summed E-state index contributed by atoms with van der Waals surface area (Å²) in [6.45, 7) is 1.12. The standard InChI is InChI=1S/C14H14N2O4S/c17-12-10-4-3-8(13(18)19)6-11(10)15-14(21)16(12)7-9-2-1-5-20-9/h3-4,6,9H,1-2,5,7H2,(H,15,21)(H,18,19)/p-1. The fourth-order valence-corrected chi connectivity index (χ4v) is 2.81. The minimum Gasteiger partial charge on any atom is -0.545 e. The Hall–Kier alpha value is -1.99. The van der Waals surface area contributed by atoms with Crippen molar-refractivity contribution in [3.8, 4) is 0 Å². The van der Waals surface area contributed by atoms with Gasteiger partial charge in [-0.1, -0.05) is 6.07 Å². The molecule has 1 aromatic carbocycles. The number of carboxylic acids is 1. The maximum atomic E-state index is 12.5. The summed E-state index contributed by atoms with van der Waals surface area (Å²) in [5.41, 5.74) is 0.161. The topological polar surface area (TPSA) is 87.2 Å². The Morgan fingerprint density at radius 2 is 2.33 bits per heavy atom. The number of hydrogen-bond donors (Lipinski definition) is 1. The van der Waals surface area contributed by atoms with Gasteiger partial charge in [0, 0.05) is 6.61 Å². The number of aromatic nitrogens is 2. The van der Waals surface area contributed by atoms with Gasteiger partial charge in [-0.25, -0.2) is 0 Å². The predicted octanol–water partition coefficient (Wildman–Crippen LogP) is 0.602. The summed E-state index contributed by atoms with van der Waals surface area (Å²) >= 11 is 5.20. The highest BCUT2D eigenvalue weighted by molar-refractivity contribution is 7.71. The lowest BCUT2D eigenvalue weighted by atomic mass is 10.1. The number of nitrogens with one attached hydrogen (secondary N) is 1. The van der Waals surface area contributed by atoms with E-state index in [1.54, 1.807) is 0 Å². The summed E-state index contributed by atoms with van der Waals surface area (Å²) < 4.78 is 7.25. The van der Waals surface area contributed by atoms with E-state index in [-0.39, 0.29) is 22.0 Å². The van der Waals surface area contributed by atoms with Crippen LogP contribution in [0.25, 0.3) is 10.9 Å². The molecular weight excluding hydrogens is 292 g/mol. The van der Waals surface area contributed by atoms with E-state index in [2.05, 4.69) is 4.98 Å². The molecule has 2 aromatic rings. The summed E-state index contributed by atoms with van der Waals surface area (Å²) in [6, 6.07) is 4.19. The number of carbonyl (C=O) groups excluding carboxylic acids is 1. The van der Waals surface area contributed by atoms with E-state index in [1.807, 2.05) is 0 Å². The van der Waals surface area contributed by atoms with Crippen molar-refractivity contribution >= 4 is 29.1 Å². The zero-order chi connectivity index (χ0) is 15.0. The summed E-state index contributed by atoms with van der Waals surface area (Å²) in [5.74, 6) is -1.29. The van der Waals surface area contributed by atoms with Gasteiger partial charge in [-0.2, -0.15) is 0 Å². The Morgan fingerprint density at radius 1 is 1.52 bits per heavy atom. The molecule has 21 heavy (non-hydrogen) atoms. The van der Waals surface area contributed by atoms with Gasteiger partial charge < -0.3 is 19.6 Å². The summed E-state index contributed by atoms with van der Waals surface area (Å²) in [4.78, 5) is 26.2. The van der Waals surface area contributed by atoms with Gasteiger partial charge in [0.2, 0.25) is 0 Å². The number of aromatic amines is 1. The molecule has 0 amide bonds. The van der Waals surface area contributed by atoms with Crippen LogP contribution in [0.15, 0.2) is 23.0 Å². The first-order valence-electron chi connectivity index (χ1n) is 6.66. The van der Waals surface area contributed by atoms with E-state index in [9.17, 15) is 14.7 Å². The van der Waals surface area contributed by atoms with Crippen LogP contribution in [0.2, 0.25) is 0 Å². The third-order valence-electron chi connectivity index (χ3n) is 3.63. The molecule has 0 aliphatic carbocycles. The third-order valence-corrected chi connectivity index (χ3v) is 3.95. The van der Waals surface area contributed by atoms with Crippen LogP contribution in [0, 0.1) is 4.77 Å². The van der Waals surface area contributed by atoms with Crippen molar-refractivity contribution in [1.82, 2.24) is 9.55 Å². The van der Waals surface area contributed by atoms with Gasteiger partial charge in [-0.05, 0) is 42.8 Å². The van der Waals surface area contributed by atoms with Gasteiger partial charge in [0.15, 0.2) is 4.77 Å². The smallest absolute Gasteiger partial charge is 0.262 e. The summed E-state index contributed by atoms with van der Waals surface area (Å²) in [7, 11) is 0. The number of aromatic carboxylic acids is 1. The number of ether oxygens (including phenoxy) is 1. The Labute approximate surface area is 125 Å². The minimum atomic E-state index is -1.29. The number of H-pyrrole nitrogens is 1. The molecule has 7 heteroatoms. The average Bonchev–Trinajstić information content (AvgIpc) is 2.95. The molecule has 0 bridgehead atoms. The maximum absolute atomic E-state index is 12.5. The highest BCUT2D eigenvalue weighted by Gasteiger charge is 2.18. The number of fused-ring (bicyclic) bond motifs is 1. The second kappa shape index (κ2) is 5.42. The van der Waals surface area contributed by atoms with Crippen molar-refractivity contribution in [3.05, 3.63) is 38.9 Å². The van der Waals surface area contributed by atoms with Crippen LogP contribution >= 0.6 is 12.2 Å². The van der Waals surface area contributed by atoms with Crippen LogP contribution in [0.4, 0.5) is 0 Å². The normalized spacial score (nSPS) is 18.2. The lowest BCUT2D eigenvalue weighted by Crippen LogP contribution is -2.28. The van der Waals surface area contributed by atoms with E-state index in [4.69, 9.17) is 17.0 Å². The Bertz CT molecular complexity index is 818. The van der Waals surface area contributed by atoms with Gasteiger partial charge in [0.25, 0.3) is 5.56 Å². The van der Waals surface area contributed by atoms with E-state index < -0.39 is 5.97 Å².